The van der Waals surface area contributed by atoms with E-state index in [9.17, 15) is 4.79 Å². The van der Waals surface area contributed by atoms with Crippen LogP contribution in [0.25, 0.3) is 0 Å². The predicted octanol–water partition coefficient (Wildman–Crippen LogP) is 2.71. The van der Waals surface area contributed by atoms with Gasteiger partial charge in [0.2, 0.25) is 0 Å². The van der Waals surface area contributed by atoms with E-state index in [2.05, 4.69) is 34.9 Å². The number of aryl methyl sites for hydroxylation is 1. The minimum atomic E-state index is 0.157. The van der Waals surface area contributed by atoms with Crippen molar-refractivity contribution in [3.63, 3.8) is 0 Å². The van der Waals surface area contributed by atoms with Gasteiger partial charge in [0.05, 0.1) is 0 Å². The number of quaternary nitrogens is 1. The van der Waals surface area contributed by atoms with Crippen LogP contribution in [-0.4, -0.2) is 18.0 Å². The highest BCUT2D eigenvalue weighted by Gasteiger charge is 2.51. The molecule has 1 amide bonds. The lowest BCUT2D eigenvalue weighted by atomic mass is 9.53. The lowest BCUT2D eigenvalue weighted by Gasteiger charge is -2.56. The molecule has 0 spiro atoms. The van der Waals surface area contributed by atoms with Crippen molar-refractivity contribution in [3.05, 3.63) is 35.4 Å². The number of rotatable bonds is 4. The highest BCUT2D eigenvalue weighted by Crippen LogP contribution is 2.55. The number of nitrogens with two attached hydrogens (primary N) is 1. The maximum absolute atomic E-state index is 12.7. The van der Waals surface area contributed by atoms with Crippen LogP contribution in [0.3, 0.4) is 0 Å². The van der Waals surface area contributed by atoms with Crippen molar-refractivity contribution >= 4 is 5.91 Å². The first kappa shape index (κ1) is 15.9. The molecule has 3 nitrogen and oxygen atoms in total. The summed E-state index contributed by atoms with van der Waals surface area (Å²) in [4.78, 5) is 12.7. The van der Waals surface area contributed by atoms with Gasteiger partial charge in [0.25, 0.3) is 5.91 Å². The second-order valence-corrected chi connectivity index (χ2v) is 9.38. The quantitative estimate of drug-likeness (QED) is 0.870. The van der Waals surface area contributed by atoms with E-state index < -0.39 is 0 Å². The highest BCUT2D eigenvalue weighted by molar-refractivity contribution is 5.77. The Labute approximate surface area is 151 Å². The summed E-state index contributed by atoms with van der Waals surface area (Å²) in [5.74, 6) is 2.94. The van der Waals surface area contributed by atoms with Crippen LogP contribution in [0.15, 0.2) is 24.3 Å². The third kappa shape index (κ3) is 3.01. The summed E-state index contributed by atoms with van der Waals surface area (Å²) in [5.41, 5.74) is 3.09. The van der Waals surface area contributed by atoms with Gasteiger partial charge >= 0.3 is 0 Å². The monoisotopic (exact) mass is 339 g/mol. The Bertz CT molecular complexity index is 632. The van der Waals surface area contributed by atoms with E-state index in [4.69, 9.17) is 0 Å². The minimum absolute atomic E-state index is 0.157. The standard InChI is InChI=1S/C22H30N2O/c25-21(14-23-20-7-3-5-18-4-1-2-6-19(18)20)24-22-11-15-8-16(12-22)10-17(9-15)13-22/h1-2,4,6,15-17,20,23H,3,5,7-14H2,(H,24,25)/p+1/t15?,16?,17?,20-,22?/m0/s1. The summed E-state index contributed by atoms with van der Waals surface area (Å²) in [5, 5.41) is 5.80. The summed E-state index contributed by atoms with van der Waals surface area (Å²) < 4.78 is 0. The molecule has 134 valence electrons. The third-order valence-corrected chi connectivity index (χ3v) is 7.45. The van der Waals surface area contributed by atoms with Crippen molar-refractivity contribution < 1.29 is 10.1 Å². The predicted molar refractivity (Wildman–Crippen MR) is 98.0 cm³/mol. The number of hydrogen-bond acceptors (Lipinski definition) is 1. The van der Waals surface area contributed by atoms with E-state index in [1.54, 1.807) is 0 Å². The second kappa shape index (κ2) is 6.12. The molecular formula is C22H31N2O+. The zero-order chi connectivity index (χ0) is 16.9. The highest BCUT2D eigenvalue weighted by atomic mass is 16.2. The fraction of sp³-hybridized carbons (Fsp3) is 0.682. The van der Waals surface area contributed by atoms with E-state index in [0.717, 1.165) is 17.8 Å². The first-order valence-electron chi connectivity index (χ1n) is 10.4. The van der Waals surface area contributed by atoms with E-state index in [0.29, 0.717) is 12.6 Å². The molecule has 3 heteroatoms. The van der Waals surface area contributed by atoms with E-state index >= 15 is 0 Å². The van der Waals surface area contributed by atoms with Crippen molar-refractivity contribution in [3.8, 4) is 0 Å². The lowest BCUT2D eigenvalue weighted by Crippen LogP contribution is -2.88. The number of benzene rings is 1. The van der Waals surface area contributed by atoms with Crippen LogP contribution in [0.1, 0.15) is 68.5 Å². The maximum atomic E-state index is 12.7. The Balaban J connectivity index is 1.21. The average Bonchev–Trinajstić information content (AvgIpc) is 2.58. The Kier molecular flexibility index (Phi) is 3.89. The molecule has 0 heterocycles. The molecule has 4 fully saturated rings. The van der Waals surface area contributed by atoms with Crippen LogP contribution in [0.5, 0.6) is 0 Å². The summed E-state index contributed by atoms with van der Waals surface area (Å²) in [6.45, 7) is 0.584. The van der Waals surface area contributed by atoms with Gasteiger partial charge < -0.3 is 10.6 Å². The van der Waals surface area contributed by atoms with Gasteiger partial charge in [-0.15, -0.1) is 0 Å². The van der Waals surface area contributed by atoms with Crippen LogP contribution in [0, 0.1) is 17.8 Å². The normalized spacial score (nSPS) is 38.4. The van der Waals surface area contributed by atoms with Gasteiger partial charge in [-0.3, -0.25) is 4.79 Å². The summed E-state index contributed by atoms with van der Waals surface area (Å²) in [6, 6.07) is 9.26. The van der Waals surface area contributed by atoms with Crippen molar-refractivity contribution in [2.24, 2.45) is 17.8 Å². The molecule has 6 rings (SSSR count). The average molecular weight is 340 g/mol. The fourth-order valence-corrected chi connectivity index (χ4v) is 6.90. The van der Waals surface area contributed by atoms with Crippen molar-refractivity contribution in [1.29, 1.82) is 0 Å². The van der Waals surface area contributed by atoms with E-state index in [1.165, 1.54) is 68.9 Å². The van der Waals surface area contributed by atoms with Gasteiger partial charge in [-0.1, -0.05) is 24.3 Å². The minimum Gasteiger partial charge on any atom is -0.346 e. The second-order valence-electron chi connectivity index (χ2n) is 9.38. The third-order valence-electron chi connectivity index (χ3n) is 7.45. The zero-order valence-electron chi connectivity index (χ0n) is 15.2. The number of carbonyl (C=O) groups is 1. The Morgan fingerprint density at radius 1 is 1.08 bits per heavy atom. The molecule has 5 aliphatic rings. The summed E-state index contributed by atoms with van der Waals surface area (Å²) >= 11 is 0. The first-order valence-corrected chi connectivity index (χ1v) is 10.4. The fourth-order valence-electron chi connectivity index (χ4n) is 6.90. The van der Waals surface area contributed by atoms with Gasteiger partial charge in [0, 0.05) is 17.5 Å². The van der Waals surface area contributed by atoms with Crippen LogP contribution in [-0.2, 0) is 11.2 Å². The molecule has 25 heavy (non-hydrogen) atoms. The number of carbonyl (C=O) groups excluding carboxylic acids is 1. The molecule has 4 bridgehead atoms. The molecule has 0 aliphatic heterocycles. The molecule has 1 aromatic rings. The van der Waals surface area contributed by atoms with E-state index in [1.807, 2.05) is 0 Å². The Morgan fingerprint density at radius 3 is 2.48 bits per heavy atom. The summed E-state index contributed by atoms with van der Waals surface area (Å²) in [6.07, 6.45) is 11.7. The largest absolute Gasteiger partial charge is 0.346 e. The number of hydrogen-bond donors (Lipinski definition) is 2. The number of nitrogens with one attached hydrogen (secondary N) is 1. The molecule has 0 aromatic heterocycles. The number of amides is 1. The molecule has 1 aromatic carbocycles. The van der Waals surface area contributed by atoms with Crippen molar-refractivity contribution in [2.75, 3.05) is 6.54 Å². The van der Waals surface area contributed by atoms with Crippen molar-refractivity contribution in [1.82, 2.24) is 5.32 Å². The smallest absolute Gasteiger partial charge is 0.275 e. The van der Waals surface area contributed by atoms with Gasteiger partial charge in [0.15, 0.2) is 6.54 Å². The van der Waals surface area contributed by atoms with Gasteiger partial charge in [-0.05, 0) is 74.7 Å². The van der Waals surface area contributed by atoms with Gasteiger partial charge in [-0.25, -0.2) is 0 Å². The Morgan fingerprint density at radius 2 is 1.76 bits per heavy atom. The van der Waals surface area contributed by atoms with Crippen LogP contribution in [0.2, 0.25) is 0 Å². The molecule has 1 atom stereocenters. The zero-order valence-corrected chi connectivity index (χ0v) is 15.2. The molecule has 4 saturated carbocycles. The van der Waals surface area contributed by atoms with E-state index in [-0.39, 0.29) is 11.4 Å². The number of fused-ring (bicyclic) bond motifs is 1. The van der Waals surface area contributed by atoms with Crippen LogP contribution >= 0.6 is 0 Å². The van der Waals surface area contributed by atoms with Crippen LogP contribution in [0.4, 0.5) is 0 Å². The maximum Gasteiger partial charge on any atom is 0.275 e. The molecular weight excluding hydrogens is 308 g/mol. The Hall–Kier alpha value is -1.35. The molecule has 0 unspecified atom stereocenters. The molecule has 5 aliphatic carbocycles. The summed E-state index contributed by atoms with van der Waals surface area (Å²) in [7, 11) is 0. The molecule has 0 saturated heterocycles. The molecule has 0 radical (unpaired) electrons. The first-order chi connectivity index (χ1) is 12.2. The van der Waals surface area contributed by atoms with Gasteiger partial charge in [-0.2, -0.15) is 0 Å². The lowest BCUT2D eigenvalue weighted by molar-refractivity contribution is -0.687. The SMILES string of the molecule is O=C(C[NH2+][C@H]1CCCc2ccccc21)NC12CC3CC(CC(C3)C1)C2. The molecule has 3 N–H and O–H groups in total. The van der Waals surface area contributed by atoms with Crippen LogP contribution < -0.4 is 10.6 Å². The van der Waals surface area contributed by atoms with Gasteiger partial charge in [0.1, 0.15) is 6.04 Å². The topological polar surface area (TPSA) is 45.7 Å². The van der Waals surface area contributed by atoms with Crippen molar-refractivity contribution in [2.45, 2.75) is 69.4 Å².